The predicted octanol–water partition coefficient (Wildman–Crippen LogP) is 5.39. The Kier molecular flexibility index (Phi) is 3.57. The number of thiazole rings is 1. The molecule has 3 nitrogen and oxygen atoms in total. The molecule has 116 valence electrons. The van der Waals surface area contributed by atoms with Crippen molar-refractivity contribution in [2.75, 3.05) is 0 Å². The molecule has 0 unspecified atom stereocenters. The van der Waals surface area contributed by atoms with E-state index in [4.69, 9.17) is 16.9 Å². The van der Waals surface area contributed by atoms with Crippen molar-refractivity contribution in [2.24, 2.45) is 0 Å². The van der Waals surface area contributed by atoms with E-state index in [0.717, 1.165) is 16.2 Å². The molecule has 4 rings (SSSR count). The molecule has 0 aliphatic heterocycles. The maximum Gasteiger partial charge on any atom is 0.145 e. The highest BCUT2D eigenvalue weighted by Crippen LogP contribution is 2.36. The lowest BCUT2D eigenvalue weighted by Crippen LogP contribution is -1.86. The molecule has 2 heterocycles. The van der Waals surface area contributed by atoms with Crippen LogP contribution in [0.25, 0.3) is 27.5 Å². The van der Waals surface area contributed by atoms with E-state index < -0.39 is 5.82 Å². The van der Waals surface area contributed by atoms with Gasteiger partial charge >= 0.3 is 0 Å². The van der Waals surface area contributed by atoms with Gasteiger partial charge in [-0.1, -0.05) is 23.7 Å². The van der Waals surface area contributed by atoms with Crippen LogP contribution in [0.3, 0.4) is 0 Å². The van der Waals surface area contributed by atoms with Gasteiger partial charge in [0.05, 0.1) is 16.7 Å². The van der Waals surface area contributed by atoms with Gasteiger partial charge in [-0.3, -0.25) is 4.40 Å². The zero-order valence-electron chi connectivity index (χ0n) is 12.2. The Morgan fingerprint density at radius 1 is 1.17 bits per heavy atom. The largest absolute Gasteiger partial charge is 0.290 e. The van der Waals surface area contributed by atoms with E-state index in [1.807, 2.05) is 28.1 Å². The van der Waals surface area contributed by atoms with E-state index in [0.29, 0.717) is 16.8 Å². The minimum Gasteiger partial charge on any atom is -0.290 e. The minimum absolute atomic E-state index is 0.0669. The molecule has 0 fully saturated rings. The lowest BCUT2D eigenvalue weighted by atomic mass is 10.1. The Balaban J connectivity index is 1.95. The van der Waals surface area contributed by atoms with E-state index in [9.17, 15) is 4.39 Å². The fourth-order valence-electron chi connectivity index (χ4n) is 2.58. The molecule has 0 spiro atoms. The first-order chi connectivity index (χ1) is 11.7. The Morgan fingerprint density at radius 3 is 2.71 bits per heavy atom. The van der Waals surface area contributed by atoms with Crippen LogP contribution in [0, 0.1) is 17.1 Å². The fourth-order valence-corrected chi connectivity index (χ4v) is 3.64. The van der Waals surface area contributed by atoms with Crippen LogP contribution in [0.15, 0.2) is 54.0 Å². The van der Waals surface area contributed by atoms with Crippen molar-refractivity contribution in [1.29, 1.82) is 5.26 Å². The quantitative estimate of drug-likeness (QED) is 0.484. The van der Waals surface area contributed by atoms with Crippen LogP contribution >= 0.6 is 22.9 Å². The van der Waals surface area contributed by atoms with Crippen LogP contribution in [0.5, 0.6) is 0 Å². The van der Waals surface area contributed by atoms with Gasteiger partial charge in [-0.2, -0.15) is 5.26 Å². The number of hydrogen-bond donors (Lipinski definition) is 0. The van der Waals surface area contributed by atoms with E-state index in [1.54, 1.807) is 24.3 Å². The zero-order chi connectivity index (χ0) is 16.7. The highest BCUT2D eigenvalue weighted by atomic mass is 35.5. The Bertz CT molecular complexity index is 1090. The van der Waals surface area contributed by atoms with Crippen molar-refractivity contribution in [2.45, 2.75) is 0 Å². The zero-order valence-corrected chi connectivity index (χ0v) is 13.8. The molecule has 0 aliphatic carbocycles. The summed E-state index contributed by atoms with van der Waals surface area (Å²) in [7, 11) is 0. The maximum atomic E-state index is 13.8. The van der Waals surface area contributed by atoms with Crippen molar-refractivity contribution in [3.63, 3.8) is 0 Å². The molecule has 0 atom stereocenters. The Labute approximate surface area is 146 Å². The summed E-state index contributed by atoms with van der Waals surface area (Å²) in [5.74, 6) is 0.262. The number of benzene rings is 2. The molecule has 2 aromatic heterocycles. The number of hydrogen-bond acceptors (Lipinski definition) is 3. The number of fused-ring (bicyclic) bond motifs is 1. The van der Waals surface area contributed by atoms with Gasteiger partial charge in [-0.15, -0.1) is 11.3 Å². The standard InChI is InChI=1S/C18H9ClFN3S/c19-15-13(2-1-3-14(15)20)16-18-23(8-9-24-18)17(22-16)12-6-4-11(10-21)5-7-12/h1-9H. The summed E-state index contributed by atoms with van der Waals surface area (Å²) in [6, 6.07) is 14.0. The first kappa shape index (κ1) is 14.9. The summed E-state index contributed by atoms with van der Waals surface area (Å²) in [5, 5.41) is 10.9. The first-order valence-electron chi connectivity index (χ1n) is 7.09. The smallest absolute Gasteiger partial charge is 0.145 e. The lowest BCUT2D eigenvalue weighted by Gasteiger charge is -2.01. The van der Waals surface area contributed by atoms with E-state index in [-0.39, 0.29) is 5.02 Å². The molecule has 0 amide bonds. The number of halogens is 2. The molecule has 2 aromatic carbocycles. The summed E-state index contributed by atoms with van der Waals surface area (Å²) in [5.41, 5.74) is 2.68. The molecule has 6 heteroatoms. The number of nitriles is 1. The van der Waals surface area contributed by atoms with Crippen molar-refractivity contribution < 1.29 is 4.39 Å². The monoisotopic (exact) mass is 353 g/mol. The van der Waals surface area contributed by atoms with Crippen LogP contribution in [0.1, 0.15) is 5.56 Å². The summed E-state index contributed by atoms with van der Waals surface area (Å²) < 4.78 is 15.8. The summed E-state index contributed by atoms with van der Waals surface area (Å²) in [6.07, 6.45) is 1.91. The second-order valence-corrected chi connectivity index (χ2v) is 6.43. The predicted molar refractivity (Wildman–Crippen MR) is 93.6 cm³/mol. The molecule has 0 N–H and O–H groups in total. The van der Waals surface area contributed by atoms with Crippen LogP contribution in [-0.4, -0.2) is 9.38 Å². The van der Waals surface area contributed by atoms with Crippen molar-refractivity contribution in [1.82, 2.24) is 9.38 Å². The van der Waals surface area contributed by atoms with Crippen molar-refractivity contribution in [3.8, 4) is 28.7 Å². The molecule has 0 radical (unpaired) electrons. The third-order valence-electron chi connectivity index (χ3n) is 3.74. The summed E-state index contributed by atoms with van der Waals surface area (Å²) in [6.45, 7) is 0. The fraction of sp³-hybridized carbons (Fsp3) is 0. The average molecular weight is 354 g/mol. The third kappa shape index (κ3) is 2.28. The van der Waals surface area contributed by atoms with Crippen molar-refractivity contribution >= 4 is 27.8 Å². The number of imidazole rings is 1. The van der Waals surface area contributed by atoms with Crippen LogP contribution in [-0.2, 0) is 0 Å². The first-order valence-corrected chi connectivity index (χ1v) is 8.35. The summed E-state index contributed by atoms with van der Waals surface area (Å²) >= 11 is 7.65. The van der Waals surface area contributed by atoms with Gasteiger partial charge < -0.3 is 0 Å². The molecule has 0 aliphatic rings. The van der Waals surface area contributed by atoms with Crippen LogP contribution < -0.4 is 0 Å². The van der Waals surface area contributed by atoms with Gasteiger partial charge in [0.25, 0.3) is 0 Å². The average Bonchev–Trinajstić information content (AvgIpc) is 3.20. The molecule has 0 saturated heterocycles. The van der Waals surface area contributed by atoms with Gasteiger partial charge in [0, 0.05) is 22.7 Å². The van der Waals surface area contributed by atoms with E-state index in [1.165, 1.54) is 17.4 Å². The van der Waals surface area contributed by atoms with Gasteiger partial charge in [0.2, 0.25) is 0 Å². The van der Waals surface area contributed by atoms with Crippen LogP contribution in [0.2, 0.25) is 5.02 Å². The number of nitrogens with zero attached hydrogens (tertiary/aromatic N) is 3. The Morgan fingerprint density at radius 2 is 1.96 bits per heavy atom. The highest BCUT2D eigenvalue weighted by molar-refractivity contribution is 7.16. The normalized spacial score (nSPS) is 10.9. The molecule has 0 saturated carbocycles. The van der Waals surface area contributed by atoms with Gasteiger partial charge in [-0.25, -0.2) is 9.37 Å². The topological polar surface area (TPSA) is 41.1 Å². The second kappa shape index (κ2) is 5.75. The molecular formula is C18H9ClFN3S. The minimum atomic E-state index is -0.466. The van der Waals surface area contributed by atoms with Gasteiger partial charge in [0.15, 0.2) is 0 Å². The lowest BCUT2D eigenvalue weighted by molar-refractivity contribution is 0.629. The van der Waals surface area contributed by atoms with E-state index >= 15 is 0 Å². The number of rotatable bonds is 2. The second-order valence-electron chi connectivity index (χ2n) is 5.15. The van der Waals surface area contributed by atoms with Gasteiger partial charge in [-0.05, 0) is 30.3 Å². The molecule has 24 heavy (non-hydrogen) atoms. The van der Waals surface area contributed by atoms with Crippen molar-refractivity contribution in [3.05, 3.63) is 70.4 Å². The SMILES string of the molecule is N#Cc1ccc(-c2nc(-c3cccc(F)c3Cl)c3sccn23)cc1. The van der Waals surface area contributed by atoms with Gasteiger partial charge in [0.1, 0.15) is 22.2 Å². The Hall–Kier alpha value is -2.68. The number of aromatic nitrogens is 2. The van der Waals surface area contributed by atoms with E-state index in [2.05, 4.69) is 11.1 Å². The third-order valence-corrected chi connectivity index (χ3v) is 4.99. The maximum absolute atomic E-state index is 13.8. The molecular weight excluding hydrogens is 345 g/mol. The molecule has 0 bridgehead atoms. The highest BCUT2D eigenvalue weighted by Gasteiger charge is 2.18. The summed E-state index contributed by atoms with van der Waals surface area (Å²) in [4.78, 5) is 5.58. The van der Waals surface area contributed by atoms with Crippen LogP contribution in [0.4, 0.5) is 4.39 Å². The molecule has 4 aromatic rings.